The maximum Gasteiger partial charge on any atom is 0.303 e. The van der Waals surface area contributed by atoms with Crippen LogP contribution in [0.1, 0.15) is 49.8 Å². The third-order valence-corrected chi connectivity index (χ3v) is 6.99. The van der Waals surface area contributed by atoms with E-state index in [-0.39, 0.29) is 24.0 Å². The van der Waals surface area contributed by atoms with Crippen LogP contribution < -0.4 is 11.1 Å². The van der Waals surface area contributed by atoms with Crippen molar-refractivity contribution in [3.8, 4) is 11.5 Å². The first-order valence-corrected chi connectivity index (χ1v) is 12.4. The van der Waals surface area contributed by atoms with Crippen molar-refractivity contribution in [3.63, 3.8) is 0 Å². The van der Waals surface area contributed by atoms with Gasteiger partial charge in [0.25, 0.3) is 0 Å². The molecule has 0 saturated carbocycles. The SMILES string of the molecule is CCCCn1nc(-c2nc(N)c3c(n2)NC(=O)[C@]3(C)c2ccc(CCC(=O)O)cc2)c2ccc(Cl)nc21. The summed E-state index contributed by atoms with van der Waals surface area (Å²) in [6.07, 6.45) is 2.35. The summed E-state index contributed by atoms with van der Waals surface area (Å²) in [5.74, 6) is -0.334. The van der Waals surface area contributed by atoms with Crippen LogP contribution in [-0.4, -0.2) is 41.7 Å². The predicted molar refractivity (Wildman–Crippen MR) is 140 cm³/mol. The van der Waals surface area contributed by atoms with E-state index in [1.165, 1.54) is 0 Å². The second kappa shape index (κ2) is 9.44. The number of anilines is 2. The van der Waals surface area contributed by atoms with Gasteiger partial charge in [0, 0.05) is 13.0 Å². The second-order valence-electron chi connectivity index (χ2n) is 9.26. The first-order valence-electron chi connectivity index (χ1n) is 12.1. The highest BCUT2D eigenvalue weighted by molar-refractivity contribution is 6.29. The van der Waals surface area contributed by atoms with E-state index in [1.54, 1.807) is 17.7 Å². The molecule has 0 unspecified atom stereocenters. The summed E-state index contributed by atoms with van der Waals surface area (Å²) in [6.45, 7) is 4.54. The zero-order chi connectivity index (χ0) is 26.3. The van der Waals surface area contributed by atoms with Crippen molar-refractivity contribution in [1.82, 2.24) is 24.7 Å². The zero-order valence-electron chi connectivity index (χ0n) is 20.5. The van der Waals surface area contributed by atoms with Crippen molar-refractivity contribution < 1.29 is 14.7 Å². The topological polar surface area (TPSA) is 149 Å². The lowest BCUT2D eigenvalue weighted by Gasteiger charge is -2.23. The number of nitrogens with zero attached hydrogens (tertiary/aromatic N) is 5. The molecule has 1 atom stereocenters. The molecule has 3 aromatic heterocycles. The minimum Gasteiger partial charge on any atom is -0.481 e. The average Bonchev–Trinajstić information content (AvgIpc) is 3.36. The van der Waals surface area contributed by atoms with E-state index in [0.717, 1.165) is 23.8 Å². The number of carboxylic acid groups (broad SMARTS) is 1. The summed E-state index contributed by atoms with van der Waals surface area (Å²) in [5, 5.41) is 17.6. The molecule has 5 rings (SSSR count). The number of carboxylic acids is 1. The van der Waals surface area contributed by atoms with Crippen LogP contribution >= 0.6 is 11.6 Å². The quantitative estimate of drug-likeness (QED) is 0.293. The number of nitrogen functional groups attached to an aromatic ring is 1. The molecule has 190 valence electrons. The molecular formula is C26H26ClN7O3. The highest BCUT2D eigenvalue weighted by Gasteiger charge is 2.47. The Morgan fingerprint density at radius 3 is 2.62 bits per heavy atom. The summed E-state index contributed by atoms with van der Waals surface area (Å²) in [4.78, 5) is 37.8. The zero-order valence-corrected chi connectivity index (χ0v) is 21.2. The van der Waals surface area contributed by atoms with Crippen molar-refractivity contribution in [3.05, 3.63) is 58.2 Å². The molecule has 0 aliphatic carbocycles. The highest BCUT2D eigenvalue weighted by Crippen LogP contribution is 2.45. The molecule has 0 spiro atoms. The number of aliphatic carboxylic acids is 1. The number of unbranched alkanes of at least 4 members (excludes halogenated alkanes) is 1. The number of rotatable bonds is 8. The van der Waals surface area contributed by atoms with Gasteiger partial charge in [0.05, 0.1) is 10.9 Å². The van der Waals surface area contributed by atoms with Gasteiger partial charge >= 0.3 is 5.97 Å². The van der Waals surface area contributed by atoms with Crippen LogP contribution in [0.2, 0.25) is 5.15 Å². The molecule has 0 radical (unpaired) electrons. The van der Waals surface area contributed by atoms with Gasteiger partial charge in [0.1, 0.15) is 27.9 Å². The van der Waals surface area contributed by atoms with E-state index < -0.39 is 11.4 Å². The van der Waals surface area contributed by atoms with E-state index in [9.17, 15) is 9.59 Å². The molecule has 1 aliphatic rings. The fourth-order valence-electron chi connectivity index (χ4n) is 4.70. The molecule has 0 saturated heterocycles. The van der Waals surface area contributed by atoms with E-state index in [0.29, 0.717) is 46.4 Å². The summed E-state index contributed by atoms with van der Waals surface area (Å²) in [7, 11) is 0. The lowest BCUT2D eigenvalue weighted by molar-refractivity contribution is -0.137. The number of benzene rings is 1. The van der Waals surface area contributed by atoms with E-state index in [1.807, 2.05) is 30.3 Å². The molecular weight excluding hydrogens is 494 g/mol. The number of hydrogen-bond acceptors (Lipinski definition) is 7. The molecule has 11 heteroatoms. The maximum atomic E-state index is 13.3. The highest BCUT2D eigenvalue weighted by atomic mass is 35.5. The average molecular weight is 520 g/mol. The van der Waals surface area contributed by atoms with Crippen LogP contribution in [0.15, 0.2) is 36.4 Å². The van der Waals surface area contributed by atoms with Gasteiger partial charge in [-0.25, -0.2) is 19.6 Å². The second-order valence-corrected chi connectivity index (χ2v) is 9.64. The number of aryl methyl sites for hydroxylation is 2. The number of nitrogens with two attached hydrogens (primary N) is 1. The number of halogens is 1. The van der Waals surface area contributed by atoms with Crippen LogP contribution in [0.4, 0.5) is 11.6 Å². The Balaban J connectivity index is 1.56. The Morgan fingerprint density at radius 2 is 1.92 bits per heavy atom. The van der Waals surface area contributed by atoms with Crippen molar-refractivity contribution in [2.24, 2.45) is 0 Å². The fraction of sp³-hybridized carbons (Fsp3) is 0.308. The Bertz CT molecular complexity index is 1530. The molecule has 4 N–H and O–H groups in total. The van der Waals surface area contributed by atoms with Crippen molar-refractivity contribution in [1.29, 1.82) is 0 Å². The Labute approximate surface area is 217 Å². The van der Waals surface area contributed by atoms with Crippen LogP contribution in [0.5, 0.6) is 0 Å². The van der Waals surface area contributed by atoms with Gasteiger partial charge < -0.3 is 16.2 Å². The predicted octanol–water partition coefficient (Wildman–Crippen LogP) is 4.20. The van der Waals surface area contributed by atoms with Gasteiger partial charge in [-0.05, 0) is 43.0 Å². The summed E-state index contributed by atoms with van der Waals surface area (Å²) < 4.78 is 1.79. The number of carbonyl (C=O) groups excluding carboxylic acids is 1. The molecule has 37 heavy (non-hydrogen) atoms. The van der Waals surface area contributed by atoms with Crippen LogP contribution in [0.3, 0.4) is 0 Å². The molecule has 0 bridgehead atoms. The van der Waals surface area contributed by atoms with Gasteiger partial charge in [-0.1, -0.05) is 49.2 Å². The van der Waals surface area contributed by atoms with Crippen LogP contribution in [0, 0.1) is 0 Å². The summed E-state index contributed by atoms with van der Waals surface area (Å²) >= 11 is 6.15. The molecule has 0 fully saturated rings. The van der Waals surface area contributed by atoms with Gasteiger partial charge in [-0.2, -0.15) is 5.10 Å². The van der Waals surface area contributed by atoms with E-state index in [4.69, 9.17) is 27.5 Å². The molecule has 10 nitrogen and oxygen atoms in total. The van der Waals surface area contributed by atoms with Gasteiger partial charge in [-0.3, -0.25) is 9.59 Å². The number of carbonyl (C=O) groups is 2. The first kappa shape index (κ1) is 24.6. The number of pyridine rings is 1. The number of fused-ring (bicyclic) bond motifs is 2. The largest absolute Gasteiger partial charge is 0.481 e. The van der Waals surface area contributed by atoms with E-state index >= 15 is 0 Å². The van der Waals surface area contributed by atoms with Gasteiger partial charge in [-0.15, -0.1) is 0 Å². The summed E-state index contributed by atoms with van der Waals surface area (Å²) in [5.41, 5.74) is 8.58. The van der Waals surface area contributed by atoms with Crippen molar-refractivity contribution >= 4 is 46.1 Å². The standard InChI is InChI=1S/C26H26ClN7O3/c1-3-4-13-34-24-16(10-11-17(27)29-24)20(33-34)23-30-21(28)19-22(31-23)32-25(37)26(19,2)15-8-5-14(6-9-15)7-12-18(35)36/h5-6,8-11H,3-4,7,12-13H2,1-2H3,(H,35,36)(H3,28,30,31,32,37)/t26-/m1/s1. The maximum absolute atomic E-state index is 13.3. The first-order chi connectivity index (χ1) is 17.7. The molecule has 1 amide bonds. The normalized spacial score (nSPS) is 16.7. The van der Waals surface area contributed by atoms with Crippen molar-refractivity contribution in [2.75, 3.05) is 11.1 Å². The van der Waals surface area contributed by atoms with Gasteiger partial charge in [0.2, 0.25) is 5.91 Å². The van der Waals surface area contributed by atoms with Crippen LogP contribution in [-0.2, 0) is 28.0 Å². The monoisotopic (exact) mass is 519 g/mol. The number of nitrogens with one attached hydrogen (secondary N) is 1. The number of amides is 1. The van der Waals surface area contributed by atoms with E-state index in [2.05, 4.69) is 27.2 Å². The Kier molecular flexibility index (Phi) is 6.28. The number of hydrogen-bond donors (Lipinski definition) is 3. The fourth-order valence-corrected chi connectivity index (χ4v) is 4.85. The number of aromatic nitrogens is 5. The van der Waals surface area contributed by atoms with Crippen molar-refractivity contribution in [2.45, 2.75) is 51.5 Å². The third kappa shape index (κ3) is 4.27. The lowest BCUT2D eigenvalue weighted by atomic mass is 9.77. The smallest absolute Gasteiger partial charge is 0.303 e. The molecule has 1 aliphatic heterocycles. The minimum absolute atomic E-state index is 0.0358. The Morgan fingerprint density at radius 1 is 1.16 bits per heavy atom. The summed E-state index contributed by atoms with van der Waals surface area (Å²) in [6, 6.07) is 10.8. The lowest BCUT2D eigenvalue weighted by Crippen LogP contribution is -2.33. The van der Waals surface area contributed by atoms with Crippen LogP contribution in [0.25, 0.3) is 22.6 Å². The minimum atomic E-state index is -1.11. The molecule has 4 heterocycles. The molecule has 1 aromatic carbocycles. The third-order valence-electron chi connectivity index (χ3n) is 6.78. The molecule has 4 aromatic rings. The Hall–Kier alpha value is -4.05. The van der Waals surface area contributed by atoms with Gasteiger partial charge in [0.15, 0.2) is 11.5 Å².